The fraction of sp³-hybridized carbons (Fsp3) is 0.333. The van der Waals surface area contributed by atoms with Crippen LogP contribution in [0.5, 0.6) is 0 Å². The van der Waals surface area contributed by atoms with Gasteiger partial charge < -0.3 is 10.0 Å². The Bertz CT molecular complexity index is 436. The summed E-state index contributed by atoms with van der Waals surface area (Å²) in [7, 11) is 3.84. The summed E-state index contributed by atoms with van der Waals surface area (Å²) in [5.74, 6) is -1.84. The molecule has 2 unspecified atom stereocenters. The van der Waals surface area contributed by atoms with Crippen LogP contribution in [0.2, 0.25) is 0 Å². The highest BCUT2D eigenvalue weighted by molar-refractivity contribution is 6.48. The van der Waals surface area contributed by atoms with Crippen LogP contribution in [-0.4, -0.2) is 36.9 Å². The molecular weight excluding hydrogens is 206 g/mol. The van der Waals surface area contributed by atoms with Crippen molar-refractivity contribution in [2.75, 3.05) is 19.0 Å². The topological polar surface area (TPSA) is 57.6 Å². The van der Waals surface area contributed by atoms with E-state index in [2.05, 4.69) is 0 Å². The Labute approximate surface area is 93.5 Å². The highest BCUT2D eigenvalue weighted by Crippen LogP contribution is 2.31. The average molecular weight is 219 g/mol. The van der Waals surface area contributed by atoms with Gasteiger partial charge in [-0.2, -0.15) is 0 Å². The molecule has 1 aliphatic carbocycles. The van der Waals surface area contributed by atoms with Crippen LogP contribution in [0, 0.1) is 0 Å². The molecule has 1 N–H and O–H groups in total. The molecule has 0 heterocycles. The molecule has 1 aliphatic rings. The number of ketones is 2. The quantitative estimate of drug-likeness (QED) is 0.729. The number of rotatable bonds is 2. The maximum Gasteiger partial charge on any atom is 0.228 e. The summed E-state index contributed by atoms with van der Waals surface area (Å²) in [5.41, 5.74) is 1.71. The van der Waals surface area contributed by atoms with E-state index < -0.39 is 23.6 Å². The second-order valence-electron chi connectivity index (χ2n) is 4.14. The van der Waals surface area contributed by atoms with Crippen molar-refractivity contribution in [3.05, 3.63) is 29.8 Å². The number of hydrogen-bond donors (Lipinski definition) is 1. The van der Waals surface area contributed by atoms with Crippen molar-refractivity contribution in [2.24, 2.45) is 0 Å². The van der Waals surface area contributed by atoms with Crippen LogP contribution in [0.4, 0.5) is 5.69 Å². The molecule has 0 aromatic heterocycles. The second-order valence-corrected chi connectivity index (χ2v) is 4.14. The summed E-state index contributed by atoms with van der Waals surface area (Å²) in [6, 6.07) is 7.26. The molecule has 0 bridgehead atoms. The molecule has 4 heteroatoms. The van der Waals surface area contributed by atoms with Crippen LogP contribution in [0.15, 0.2) is 24.3 Å². The molecule has 1 aromatic rings. The van der Waals surface area contributed by atoms with Gasteiger partial charge in [-0.05, 0) is 17.7 Å². The molecule has 0 radical (unpaired) electrons. The molecule has 16 heavy (non-hydrogen) atoms. The fourth-order valence-electron chi connectivity index (χ4n) is 1.81. The van der Waals surface area contributed by atoms with E-state index >= 15 is 0 Å². The number of anilines is 1. The van der Waals surface area contributed by atoms with Gasteiger partial charge in [-0.25, -0.2) is 0 Å². The Kier molecular flexibility index (Phi) is 2.52. The van der Waals surface area contributed by atoms with Crippen LogP contribution in [-0.2, 0) is 9.59 Å². The monoisotopic (exact) mass is 219 g/mol. The normalized spacial score (nSPS) is 24.2. The molecule has 0 aliphatic heterocycles. The predicted octanol–water partition coefficient (Wildman–Crippen LogP) is 0.349. The molecule has 1 aromatic carbocycles. The lowest BCUT2D eigenvalue weighted by molar-refractivity contribution is -0.154. The molecule has 1 saturated carbocycles. The first-order valence-corrected chi connectivity index (χ1v) is 5.06. The zero-order chi connectivity index (χ0) is 11.9. The fourth-order valence-corrected chi connectivity index (χ4v) is 1.81. The smallest absolute Gasteiger partial charge is 0.228 e. The summed E-state index contributed by atoms with van der Waals surface area (Å²) >= 11 is 0. The van der Waals surface area contributed by atoms with E-state index in [-0.39, 0.29) is 0 Å². The summed E-state index contributed by atoms with van der Waals surface area (Å²) in [5, 5.41) is 9.40. The minimum Gasteiger partial charge on any atom is -0.384 e. The number of aliphatic hydroxyl groups excluding tert-OH is 1. The first-order valence-electron chi connectivity index (χ1n) is 5.06. The number of carbonyl (C=O) groups is 2. The van der Waals surface area contributed by atoms with Crippen LogP contribution in [0.1, 0.15) is 11.5 Å². The highest BCUT2D eigenvalue weighted by atomic mass is 16.3. The van der Waals surface area contributed by atoms with Crippen LogP contribution >= 0.6 is 0 Å². The number of hydrogen-bond acceptors (Lipinski definition) is 4. The third-order valence-electron chi connectivity index (χ3n) is 2.88. The third-order valence-corrected chi connectivity index (χ3v) is 2.88. The van der Waals surface area contributed by atoms with E-state index in [4.69, 9.17) is 0 Å². The predicted molar refractivity (Wildman–Crippen MR) is 59.5 cm³/mol. The van der Waals surface area contributed by atoms with Crippen LogP contribution < -0.4 is 4.90 Å². The Morgan fingerprint density at radius 3 is 2.06 bits per heavy atom. The Morgan fingerprint density at radius 2 is 1.62 bits per heavy atom. The van der Waals surface area contributed by atoms with Crippen molar-refractivity contribution in [2.45, 2.75) is 12.0 Å². The standard InChI is InChI=1S/C12H13NO3/c1-13(2)8-5-3-7(4-6-8)9-10(14)12(16)11(9)15/h3-6,9-10,14H,1-2H3. The Balaban J connectivity index is 2.23. The summed E-state index contributed by atoms with van der Waals surface area (Å²) < 4.78 is 0. The molecule has 2 rings (SSSR count). The van der Waals surface area contributed by atoms with Gasteiger partial charge in [0, 0.05) is 19.8 Å². The van der Waals surface area contributed by atoms with Gasteiger partial charge in [0.2, 0.25) is 11.6 Å². The largest absolute Gasteiger partial charge is 0.384 e. The van der Waals surface area contributed by atoms with Crippen molar-refractivity contribution in [1.82, 2.24) is 0 Å². The van der Waals surface area contributed by atoms with Gasteiger partial charge in [0.05, 0.1) is 5.92 Å². The van der Waals surface area contributed by atoms with Crippen molar-refractivity contribution in [3.63, 3.8) is 0 Å². The molecule has 0 saturated heterocycles. The molecule has 0 spiro atoms. The van der Waals surface area contributed by atoms with E-state index in [0.29, 0.717) is 5.56 Å². The number of nitrogens with zero attached hydrogens (tertiary/aromatic N) is 1. The van der Waals surface area contributed by atoms with Gasteiger partial charge in [0.15, 0.2) is 0 Å². The molecular formula is C12H13NO3. The van der Waals surface area contributed by atoms with E-state index in [1.54, 1.807) is 12.1 Å². The Hall–Kier alpha value is -1.68. The van der Waals surface area contributed by atoms with Gasteiger partial charge in [0.1, 0.15) is 6.10 Å². The zero-order valence-corrected chi connectivity index (χ0v) is 9.18. The minimum absolute atomic E-state index is 0.495. The summed E-state index contributed by atoms with van der Waals surface area (Å²) in [4.78, 5) is 24.1. The second kappa shape index (κ2) is 3.72. The van der Waals surface area contributed by atoms with Crippen molar-refractivity contribution >= 4 is 17.3 Å². The third kappa shape index (κ3) is 1.51. The molecule has 84 valence electrons. The molecule has 2 atom stereocenters. The lowest BCUT2D eigenvalue weighted by atomic mass is 9.74. The first-order chi connectivity index (χ1) is 7.52. The van der Waals surface area contributed by atoms with Crippen LogP contribution in [0.25, 0.3) is 0 Å². The summed E-state index contributed by atoms with van der Waals surface area (Å²) in [6.45, 7) is 0. The highest BCUT2D eigenvalue weighted by Gasteiger charge is 2.48. The van der Waals surface area contributed by atoms with Crippen molar-refractivity contribution in [1.29, 1.82) is 0 Å². The summed E-state index contributed by atoms with van der Waals surface area (Å²) in [6.07, 6.45) is -1.15. The lowest BCUT2D eigenvalue weighted by Crippen LogP contribution is -2.50. The zero-order valence-electron chi connectivity index (χ0n) is 9.18. The molecule has 0 amide bonds. The molecule has 4 nitrogen and oxygen atoms in total. The average Bonchev–Trinajstić information content (AvgIpc) is 2.29. The maximum atomic E-state index is 11.3. The number of carbonyl (C=O) groups excluding carboxylic acids is 2. The first kappa shape index (κ1) is 10.8. The Morgan fingerprint density at radius 1 is 1.06 bits per heavy atom. The van der Waals surface area contributed by atoms with Crippen molar-refractivity contribution in [3.8, 4) is 0 Å². The van der Waals surface area contributed by atoms with Crippen LogP contribution in [0.3, 0.4) is 0 Å². The molecule has 1 fully saturated rings. The van der Waals surface area contributed by atoms with E-state index in [0.717, 1.165) is 5.69 Å². The van der Waals surface area contributed by atoms with Gasteiger partial charge >= 0.3 is 0 Å². The van der Waals surface area contributed by atoms with Gasteiger partial charge in [-0.1, -0.05) is 12.1 Å². The number of benzene rings is 1. The SMILES string of the molecule is CN(C)c1ccc(C2C(=O)C(=O)C2O)cc1. The van der Waals surface area contributed by atoms with E-state index in [1.807, 2.05) is 31.1 Å². The van der Waals surface area contributed by atoms with Crippen molar-refractivity contribution < 1.29 is 14.7 Å². The minimum atomic E-state index is -1.15. The number of Topliss-reactive ketones (excluding diaryl/α,β-unsaturated/α-hetero) is 2. The number of aliphatic hydroxyl groups is 1. The van der Waals surface area contributed by atoms with Gasteiger partial charge in [-0.15, -0.1) is 0 Å². The van der Waals surface area contributed by atoms with Gasteiger partial charge in [-0.3, -0.25) is 9.59 Å². The van der Waals surface area contributed by atoms with E-state index in [9.17, 15) is 14.7 Å². The van der Waals surface area contributed by atoms with Gasteiger partial charge in [0.25, 0.3) is 0 Å². The lowest BCUT2D eigenvalue weighted by Gasteiger charge is -2.29. The maximum absolute atomic E-state index is 11.3. The van der Waals surface area contributed by atoms with E-state index in [1.165, 1.54) is 0 Å².